The zero-order valence-corrected chi connectivity index (χ0v) is 7.33. The minimum Gasteiger partial charge on any atom is -0.396 e. The molecular weight excluding hydrogens is 148 g/mol. The van der Waals surface area contributed by atoms with Gasteiger partial charge < -0.3 is 5.11 Å². The van der Waals surface area contributed by atoms with Gasteiger partial charge in [-0.1, -0.05) is 24.3 Å². The molecule has 1 N–H and O–H groups in total. The zero-order valence-electron chi connectivity index (χ0n) is 7.33. The summed E-state index contributed by atoms with van der Waals surface area (Å²) in [6.07, 6.45) is 1.17. The SMILES string of the molecule is Cc1ccccc1[C@@H]1C[C@@H]1CO. The van der Waals surface area contributed by atoms with Crippen molar-refractivity contribution in [2.45, 2.75) is 19.3 Å². The van der Waals surface area contributed by atoms with Crippen LogP contribution in [0.5, 0.6) is 0 Å². The Morgan fingerprint density at radius 1 is 1.42 bits per heavy atom. The molecule has 0 unspecified atom stereocenters. The quantitative estimate of drug-likeness (QED) is 0.706. The number of benzene rings is 1. The van der Waals surface area contributed by atoms with E-state index in [0.29, 0.717) is 18.4 Å². The maximum Gasteiger partial charge on any atom is 0.0465 e. The first-order valence-electron chi connectivity index (χ1n) is 4.49. The predicted molar refractivity (Wildman–Crippen MR) is 49.1 cm³/mol. The average molecular weight is 162 g/mol. The molecule has 0 aromatic heterocycles. The van der Waals surface area contributed by atoms with Gasteiger partial charge in [0.2, 0.25) is 0 Å². The Balaban J connectivity index is 2.19. The van der Waals surface area contributed by atoms with Gasteiger partial charge in [-0.15, -0.1) is 0 Å². The fraction of sp³-hybridized carbons (Fsp3) is 0.455. The highest BCUT2D eigenvalue weighted by Gasteiger charge is 2.37. The molecule has 0 heterocycles. The van der Waals surface area contributed by atoms with Crippen molar-refractivity contribution in [1.82, 2.24) is 0 Å². The van der Waals surface area contributed by atoms with Gasteiger partial charge in [0.15, 0.2) is 0 Å². The van der Waals surface area contributed by atoms with E-state index in [2.05, 4.69) is 31.2 Å². The lowest BCUT2D eigenvalue weighted by molar-refractivity contribution is 0.274. The molecule has 1 aromatic carbocycles. The lowest BCUT2D eigenvalue weighted by Gasteiger charge is -2.02. The predicted octanol–water partition coefficient (Wildman–Crippen LogP) is 2.09. The summed E-state index contributed by atoms with van der Waals surface area (Å²) in [6.45, 7) is 2.49. The van der Waals surface area contributed by atoms with E-state index in [1.54, 1.807) is 0 Å². The third-order valence-corrected chi connectivity index (χ3v) is 2.75. The highest BCUT2D eigenvalue weighted by molar-refractivity contribution is 5.33. The van der Waals surface area contributed by atoms with Crippen LogP contribution in [0.4, 0.5) is 0 Å². The normalized spacial score (nSPS) is 27.2. The van der Waals surface area contributed by atoms with Gasteiger partial charge in [0.25, 0.3) is 0 Å². The number of aliphatic hydroxyl groups excluding tert-OH is 1. The highest BCUT2D eigenvalue weighted by atomic mass is 16.3. The van der Waals surface area contributed by atoms with Crippen molar-refractivity contribution in [3.8, 4) is 0 Å². The van der Waals surface area contributed by atoms with E-state index < -0.39 is 0 Å². The Labute approximate surface area is 73.0 Å². The van der Waals surface area contributed by atoms with Crippen molar-refractivity contribution < 1.29 is 5.11 Å². The van der Waals surface area contributed by atoms with Crippen molar-refractivity contribution in [3.63, 3.8) is 0 Å². The Morgan fingerprint density at radius 3 is 2.75 bits per heavy atom. The Hall–Kier alpha value is -0.820. The molecule has 0 amide bonds. The van der Waals surface area contributed by atoms with Crippen molar-refractivity contribution in [2.75, 3.05) is 6.61 Å². The molecule has 64 valence electrons. The molecule has 1 fully saturated rings. The number of aliphatic hydroxyl groups is 1. The van der Waals surface area contributed by atoms with Crippen molar-refractivity contribution in [1.29, 1.82) is 0 Å². The van der Waals surface area contributed by atoms with E-state index in [9.17, 15) is 0 Å². The van der Waals surface area contributed by atoms with Crippen LogP contribution in [0.25, 0.3) is 0 Å². The van der Waals surface area contributed by atoms with Crippen LogP contribution in [-0.4, -0.2) is 11.7 Å². The topological polar surface area (TPSA) is 20.2 Å². The summed E-state index contributed by atoms with van der Waals surface area (Å²) in [5, 5.41) is 8.93. The van der Waals surface area contributed by atoms with E-state index in [1.165, 1.54) is 17.5 Å². The van der Waals surface area contributed by atoms with Gasteiger partial charge in [0.05, 0.1) is 0 Å². The zero-order chi connectivity index (χ0) is 8.55. The van der Waals surface area contributed by atoms with E-state index >= 15 is 0 Å². The van der Waals surface area contributed by atoms with Crippen LogP contribution in [0.15, 0.2) is 24.3 Å². The van der Waals surface area contributed by atoms with Gasteiger partial charge in [-0.25, -0.2) is 0 Å². The summed E-state index contributed by atoms with van der Waals surface area (Å²) in [5.41, 5.74) is 2.79. The molecule has 1 aromatic rings. The summed E-state index contributed by atoms with van der Waals surface area (Å²) in [5.74, 6) is 1.17. The van der Waals surface area contributed by atoms with Crippen LogP contribution in [0, 0.1) is 12.8 Å². The molecule has 1 aliphatic rings. The first kappa shape index (κ1) is 7.81. The minimum atomic E-state index is 0.346. The van der Waals surface area contributed by atoms with Gasteiger partial charge in [0, 0.05) is 6.61 Å². The third kappa shape index (κ3) is 1.25. The van der Waals surface area contributed by atoms with E-state index in [0.717, 1.165) is 0 Å². The molecule has 0 radical (unpaired) electrons. The molecule has 0 aliphatic heterocycles. The molecule has 12 heavy (non-hydrogen) atoms. The van der Waals surface area contributed by atoms with Gasteiger partial charge in [-0.3, -0.25) is 0 Å². The summed E-state index contributed by atoms with van der Waals surface area (Å²) in [4.78, 5) is 0. The van der Waals surface area contributed by atoms with Gasteiger partial charge in [-0.2, -0.15) is 0 Å². The maximum atomic E-state index is 8.93. The largest absolute Gasteiger partial charge is 0.396 e. The molecule has 0 saturated heterocycles. The number of hydrogen-bond donors (Lipinski definition) is 1. The molecule has 2 rings (SSSR count). The molecule has 0 spiro atoms. The monoisotopic (exact) mass is 162 g/mol. The smallest absolute Gasteiger partial charge is 0.0465 e. The number of aryl methyl sites for hydroxylation is 1. The minimum absolute atomic E-state index is 0.346. The second-order valence-corrected chi connectivity index (χ2v) is 3.64. The second kappa shape index (κ2) is 2.91. The molecule has 1 heteroatoms. The van der Waals surface area contributed by atoms with E-state index in [-0.39, 0.29) is 0 Å². The van der Waals surface area contributed by atoms with Gasteiger partial charge in [-0.05, 0) is 36.3 Å². The van der Waals surface area contributed by atoms with Crippen molar-refractivity contribution in [3.05, 3.63) is 35.4 Å². The summed E-state index contributed by atoms with van der Waals surface area (Å²) in [6, 6.07) is 8.46. The first-order valence-corrected chi connectivity index (χ1v) is 4.49. The first-order chi connectivity index (χ1) is 5.83. The molecule has 1 nitrogen and oxygen atoms in total. The molecule has 1 saturated carbocycles. The van der Waals surface area contributed by atoms with Crippen LogP contribution in [-0.2, 0) is 0 Å². The number of rotatable bonds is 2. The lowest BCUT2D eigenvalue weighted by atomic mass is 10.0. The van der Waals surface area contributed by atoms with Crippen LogP contribution < -0.4 is 0 Å². The third-order valence-electron chi connectivity index (χ3n) is 2.75. The van der Waals surface area contributed by atoms with Crippen LogP contribution in [0.2, 0.25) is 0 Å². The molecular formula is C11H14O. The summed E-state index contributed by atoms with van der Waals surface area (Å²) in [7, 11) is 0. The Morgan fingerprint density at radius 2 is 2.17 bits per heavy atom. The summed E-state index contributed by atoms with van der Waals surface area (Å²) >= 11 is 0. The van der Waals surface area contributed by atoms with Crippen LogP contribution >= 0.6 is 0 Å². The lowest BCUT2D eigenvalue weighted by Crippen LogP contribution is -1.90. The number of hydrogen-bond acceptors (Lipinski definition) is 1. The van der Waals surface area contributed by atoms with E-state index in [1.807, 2.05) is 0 Å². The van der Waals surface area contributed by atoms with Crippen LogP contribution in [0.1, 0.15) is 23.5 Å². The summed E-state index contributed by atoms with van der Waals surface area (Å²) < 4.78 is 0. The Bertz CT molecular complexity index is 280. The van der Waals surface area contributed by atoms with E-state index in [4.69, 9.17) is 5.11 Å². The average Bonchev–Trinajstić information content (AvgIpc) is 2.84. The van der Waals surface area contributed by atoms with Crippen LogP contribution in [0.3, 0.4) is 0 Å². The molecule has 1 aliphatic carbocycles. The van der Waals surface area contributed by atoms with Gasteiger partial charge in [0.1, 0.15) is 0 Å². The second-order valence-electron chi connectivity index (χ2n) is 3.64. The van der Waals surface area contributed by atoms with Crippen molar-refractivity contribution in [2.24, 2.45) is 5.92 Å². The van der Waals surface area contributed by atoms with Crippen molar-refractivity contribution >= 4 is 0 Å². The maximum absolute atomic E-state index is 8.93. The molecule has 0 bridgehead atoms. The Kier molecular flexibility index (Phi) is 1.89. The molecule has 2 atom stereocenters. The van der Waals surface area contributed by atoms with Gasteiger partial charge >= 0.3 is 0 Å². The fourth-order valence-electron chi connectivity index (χ4n) is 1.83. The standard InChI is InChI=1S/C11H14O/c1-8-4-2-3-5-10(8)11-6-9(11)7-12/h2-5,9,11-12H,6-7H2,1H3/t9-,11-/m1/s1. The fourth-order valence-corrected chi connectivity index (χ4v) is 1.83. The highest BCUT2D eigenvalue weighted by Crippen LogP contribution is 2.47.